The predicted octanol–water partition coefficient (Wildman–Crippen LogP) is 1.08. The third kappa shape index (κ3) is 1.87. The first-order valence-electron chi connectivity index (χ1n) is 4.65. The molecule has 0 atom stereocenters. The van der Waals surface area contributed by atoms with Crippen molar-refractivity contribution in [2.75, 3.05) is 0 Å². The maximum Gasteiger partial charge on any atom is 0.263 e. The molecule has 0 unspecified atom stereocenters. The molecule has 1 aliphatic heterocycles. The minimum absolute atomic E-state index is 0.0559. The summed E-state index contributed by atoms with van der Waals surface area (Å²) < 4.78 is 51.7. The van der Waals surface area contributed by atoms with Crippen LogP contribution in [0.4, 0.5) is 17.6 Å². The van der Waals surface area contributed by atoms with Gasteiger partial charge in [0.15, 0.2) is 0 Å². The van der Waals surface area contributed by atoms with Crippen molar-refractivity contribution in [3.05, 3.63) is 23.5 Å². The normalized spacial score (nSPS) is 15.4. The Morgan fingerprint density at radius 2 is 1.39 bits per heavy atom. The van der Waals surface area contributed by atoms with Gasteiger partial charge in [-0.2, -0.15) is 22.5 Å². The number of rotatable bonds is 2. The second-order valence-electron chi connectivity index (χ2n) is 3.32. The molecule has 18 heavy (non-hydrogen) atoms. The van der Waals surface area contributed by atoms with Crippen LogP contribution in [0.5, 0.6) is 5.75 Å². The van der Waals surface area contributed by atoms with Gasteiger partial charge in [-0.3, -0.25) is 9.59 Å². The first-order chi connectivity index (χ1) is 8.41. The van der Waals surface area contributed by atoms with Crippen molar-refractivity contribution >= 4 is 11.8 Å². The molecule has 1 aliphatic rings. The van der Waals surface area contributed by atoms with Gasteiger partial charge in [-0.1, -0.05) is 0 Å². The van der Waals surface area contributed by atoms with Crippen molar-refractivity contribution in [1.82, 2.24) is 10.0 Å². The molecule has 0 bridgehead atoms. The molecule has 0 N–H and O–H groups in total. The lowest BCUT2D eigenvalue weighted by Crippen LogP contribution is -2.33. The average Bonchev–Trinajstić information content (AvgIpc) is 2.63. The summed E-state index contributed by atoms with van der Waals surface area (Å²) in [6, 6.07) is 0. The average molecular weight is 264 g/mol. The van der Waals surface area contributed by atoms with Crippen LogP contribution in [0, 0.1) is 23.5 Å². The van der Waals surface area contributed by atoms with E-state index < -0.39 is 41.1 Å². The molecular weight excluding hydrogens is 260 g/mol. The number of hydroxylamine groups is 2. The van der Waals surface area contributed by atoms with Crippen molar-refractivity contribution in [2.24, 2.45) is 0 Å². The Labute approximate surface area is 96.9 Å². The summed E-state index contributed by atoms with van der Waals surface area (Å²) >= 11 is 0. The summed E-state index contributed by atoms with van der Waals surface area (Å²) in [5.41, 5.74) is 0. The molecular formula is C9H4F4N2O3. The number of carbonyl (C=O) groups excluding carboxylic acids is 2. The summed E-state index contributed by atoms with van der Waals surface area (Å²) in [5, 5.41) is 0.0559. The number of amides is 2. The number of nitrogens with zero attached hydrogens (tertiary/aromatic N) is 2. The highest BCUT2D eigenvalue weighted by Crippen LogP contribution is 2.26. The number of hydrogen-bond acceptors (Lipinski definition) is 4. The molecule has 1 aromatic heterocycles. The van der Waals surface area contributed by atoms with E-state index in [4.69, 9.17) is 0 Å². The molecule has 9 heteroatoms. The minimum Gasteiger partial charge on any atom is -0.362 e. The number of pyridine rings is 1. The number of hydrogen-bond donors (Lipinski definition) is 0. The smallest absolute Gasteiger partial charge is 0.263 e. The van der Waals surface area contributed by atoms with Crippen LogP contribution in [0.3, 0.4) is 0 Å². The number of halogens is 4. The molecule has 1 aromatic rings. The maximum absolute atomic E-state index is 13.1. The molecule has 96 valence electrons. The lowest BCUT2D eigenvalue weighted by atomic mass is 10.4. The van der Waals surface area contributed by atoms with E-state index in [0.717, 1.165) is 0 Å². The van der Waals surface area contributed by atoms with E-state index >= 15 is 0 Å². The van der Waals surface area contributed by atoms with Crippen molar-refractivity contribution in [2.45, 2.75) is 12.8 Å². The van der Waals surface area contributed by atoms with Gasteiger partial charge in [0.2, 0.25) is 17.4 Å². The van der Waals surface area contributed by atoms with Crippen LogP contribution in [-0.2, 0) is 9.59 Å². The van der Waals surface area contributed by atoms with Gasteiger partial charge in [-0.15, -0.1) is 5.06 Å². The Kier molecular flexibility index (Phi) is 2.89. The van der Waals surface area contributed by atoms with Gasteiger partial charge in [-0.25, -0.2) is 0 Å². The summed E-state index contributed by atoms with van der Waals surface area (Å²) in [7, 11) is 0. The van der Waals surface area contributed by atoms with Crippen molar-refractivity contribution in [3.8, 4) is 5.75 Å². The zero-order chi connectivity index (χ0) is 13.4. The molecule has 0 aromatic carbocycles. The number of aromatic nitrogens is 1. The topological polar surface area (TPSA) is 59.5 Å². The number of carbonyl (C=O) groups is 2. The van der Waals surface area contributed by atoms with E-state index in [2.05, 4.69) is 9.82 Å². The van der Waals surface area contributed by atoms with Gasteiger partial charge >= 0.3 is 0 Å². The Balaban J connectivity index is 2.40. The highest BCUT2D eigenvalue weighted by Gasteiger charge is 2.34. The van der Waals surface area contributed by atoms with Crippen LogP contribution in [-0.4, -0.2) is 21.9 Å². The van der Waals surface area contributed by atoms with Crippen LogP contribution in [0.1, 0.15) is 12.8 Å². The molecule has 2 rings (SSSR count). The second kappa shape index (κ2) is 4.24. The molecule has 5 nitrogen and oxygen atoms in total. The monoisotopic (exact) mass is 264 g/mol. The summed E-state index contributed by atoms with van der Waals surface area (Å²) in [6.45, 7) is 0. The molecule has 2 heterocycles. The zero-order valence-electron chi connectivity index (χ0n) is 8.55. The molecule has 0 saturated carbocycles. The van der Waals surface area contributed by atoms with Crippen LogP contribution in [0.25, 0.3) is 0 Å². The number of imide groups is 1. The predicted molar refractivity (Wildman–Crippen MR) is 45.8 cm³/mol. The fourth-order valence-corrected chi connectivity index (χ4v) is 1.30. The van der Waals surface area contributed by atoms with E-state index in [1.54, 1.807) is 0 Å². The minimum atomic E-state index is -1.94. The first kappa shape index (κ1) is 12.3. The summed E-state index contributed by atoms with van der Waals surface area (Å²) in [4.78, 5) is 28.8. The van der Waals surface area contributed by atoms with Gasteiger partial charge in [0.1, 0.15) is 0 Å². The Bertz CT molecular complexity index is 507. The highest BCUT2D eigenvalue weighted by molar-refractivity contribution is 6.00. The lowest BCUT2D eigenvalue weighted by Gasteiger charge is -2.15. The molecule has 1 fully saturated rings. The van der Waals surface area contributed by atoms with Gasteiger partial charge < -0.3 is 4.84 Å². The Morgan fingerprint density at radius 3 is 1.83 bits per heavy atom. The third-order valence-electron chi connectivity index (χ3n) is 2.15. The fraction of sp³-hybridized carbons (Fsp3) is 0.222. The summed E-state index contributed by atoms with van der Waals surface area (Å²) in [5.74, 6) is -11.0. The van der Waals surface area contributed by atoms with E-state index in [-0.39, 0.29) is 17.9 Å². The van der Waals surface area contributed by atoms with E-state index in [1.807, 2.05) is 0 Å². The molecule has 0 radical (unpaired) electrons. The quantitative estimate of drug-likeness (QED) is 0.455. The van der Waals surface area contributed by atoms with Crippen LogP contribution < -0.4 is 4.84 Å². The highest BCUT2D eigenvalue weighted by atomic mass is 19.2. The first-order valence-corrected chi connectivity index (χ1v) is 4.65. The maximum atomic E-state index is 13.1. The van der Waals surface area contributed by atoms with Crippen molar-refractivity contribution < 1.29 is 32.0 Å². The fourth-order valence-electron chi connectivity index (χ4n) is 1.30. The Morgan fingerprint density at radius 1 is 0.944 bits per heavy atom. The van der Waals surface area contributed by atoms with Gasteiger partial charge in [0.25, 0.3) is 23.7 Å². The van der Waals surface area contributed by atoms with Gasteiger partial charge in [0.05, 0.1) is 0 Å². The molecule has 2 amide bonds. The van der Waals surface area contributed by atoms with Crippen LogP contribution in [0.2, 0.25) is 0 Å². The van der Waals surface area contributed by atoms with E-state index in [0.29, 0.717) is 0 Å². The third-order valence-corrected chi connectivity index (χ3v) is 2.15. The SMILES string of the molecule is O=C1CCC(=O)N1Oc1c(F)c(F)nc(F)c1F. The van der Waals surface area contributed by atoms with Gasteiger partial charge in [-0.05, 0) is 0 Å². The molecule has 1 saturated heterocycles. The molecule has 0 spiro atoms. The van der Waals surface area contributed by atoms with Crippen LogP contribution >= 0.6 is 0 Å². The van der Waals surface area contributed by atoms with Crippen molar-refractivity contribution in [3.63, 3.8) is 0 Å². The molecule has 0 aliphatic carbocycles. The summed E-state index contributed by atoms with van der Waals surface area (Å²) in [6.07, 6.45) is -0.420. The van der Waals surface area contributed by atoms with E-state index in [1.165, 1.54) is 0 Å². The largest absolute Gasteiger partial charge is 0.362 e. The standard InChI is InChI=1S/C9H4F4N2O3/c10-5-7(6(11)9(13)14-8(5)12)18-15-3(16)1-2-4(15)17/h1-2H2. The van der Waals surface area contributed by atoms with E-state index in [9.17, 15) is 27.2 Å². The Hall–Kier alpha value is -2.19. The van der Waals surface area contributed by atoms with Gasteiger partial charge in [0, 0.05) is 12.8 Å². The van der Waals surface area contributed by atoms with Crippen LogP contribution in [0.15, 0.2) is 0 Å². The second-order valence-corrected chi connectivity index (χ2v) is 3.32. The zero-order valence-corrected chi connectivity index (χ0v) is 8.55. The lowest BCUT2D eigenvalue weighted by molar-refractivity contribution is -0.165. The van der Waals surface area contributed by atoms with Crippen molar-refractivity contribution in [1.29, 1.82) is 0 Å².